The van der Waals surface area contributed by atoms with Crippen molar-refractivity contribution in [1.82, 2.24) is 15.2 Å². The molecule has 4 N–H and O–H groups in total. The molecule has 214 valence electrons. The summed E-state index contributed by atoms with van der Waals surface area (Å²) in [6.07, 6.45) is 7.83. The predicted octanol–water partition coefficient (Wildman–Crippen LogP) is 3.62. The summed E-state index contributed by atoms with van der Waals surface area (Å²) in [6, 6.07) is 19.0. The van der Waals surface area contributed by atoms with Crippen molar-refractivity contribution in [2.75, 3.05) is 36.4 Å². The molecule has 0 spiro atoms. The average molecular weight is 555 g/mol. The maximum atomic E-state index is 13.2. The molecule has 2 heterocycles. The second-order valence-corrected chi connectivity index (χ2v) is 10.9. The topological polar surface area (TPSA) is 121 Å². The highest BCUT2D eigenvalue weighted by Crippen LogP contribution is 2.29. The van der Waals surface area contributed by atoms with Gasteiger partial charge in [-0.05, 0) is 68.0 Å². The van der Waals surface area contributed by atoms with Gasteiger partial charge < -0.3 is 26.2 Å². The number of aromatic nitrogens is 1. The minimum absolute atomic E-state index is 0.0976. The van der Waals surface area contributed by atoms with E-state index in [0.717, 1.165) is 49.9 Å². The third kappa shape index (κ3) is 7.49. The summed E-state index contributed by atoms with van der Waals surface area (Å²) in [6.45, 7) is 2.59. The zero-order valence-electron chi connectivity index (χ0n) is 23.3. The molecule has 1 aromatic heterocycles. The van der Waals surface area contributed by atoms with Crippen LogP contribution in [-0.2, 0) is 11.2 Å². The third-order valence-electron chi connectivity index (χ3n) is 7.93. The van der Waals surface area contributed by atoms with Crippen LogP contribution in [0.2, 0.25) is 0 Å². The van der Waals surface area contributed by atoms with Crippen LogP contribution in [0.25, 0.3) is 0 Å². The number of nitrogens with one attached hydrogen (secondary N) is 2. The lowest BCUT2D eigenvalue weighted by atomic mass is 9.91. The summed E-state index contributed by atoms with van der Waals surface area (Å²) in [5.74, 6) is -0.353. The van der Waals surface area contributed by atoms with Crippen molar-refractivity contribution >= 4 is 29.1 Å². The maximum absolute atomic E-state index is 13.2. The normalized spacial score (nSPS) is 19.2. The second kappa shape index (κ2) is 13.4. The lowest BCUT2D eigenvalue weighted by Crippen LogP contribution is -2.40. The van der Waals surface area contributed by atoms with E-state index in [0.29, 0.717) is 42.9 Å². The van der Waals surface area contributed by atoms with Crippen molar-refractivity contribution < 1.29 is 14.4 Å². The van der Waals surface area contributed by atoms with Crippen LogP contribution < -0.4 is 21.3 Å². The van der Waals surface area contributed by atoms with Gasteiger partial charge in [0.25, 0.3) is 11.8 Å². The highest BCUT2D eigenvalue weighted by molar-refractivity contribution is 6.07. The number of pyridine rings is 1. The Balaban J connectivity index is 1.32. The molecule has 1 aliphatic heterocycles. The number of hydrogen-bond donors (Lipinski definition) is 3. The highest BCUT2D eigenvalue weighted by Gasteiger charge is 2.24. The molecule has 1 aliphatic carbocycles. The molecule has 9 heteroatoms. The van der Waals surface area contributed by atoms with Gasteiger partial charge in [-0.25, -0.2) is 0 Å². The fourth-order valence-corrected chi connectivity index (χ4v) is 5.57. The van der Waals surface area contributed by atoms with Crippen LogP contribution in [0.4, 0.5) is 11.4 Å². The number of benzene rings is 2. The Bertz CT molecular complexity index is 1340. The van der Waals surface area contributed by atoms with Crippen molar-refractivity contribution in [3.63, 3.8) is 0 Å². The van der Waals surface area contributed by atoms with Crippen molar-refractivity contribution in [2.24, 2.45) is 5.73 Å². The van der Waals surface area contributed by atoms with E-state index in [-0.39, 0.29) is 29.8 Å². The molecule has 2 fully saturated rings. The van der Waals surface area contributed by atoms with Gasteiger partial charge in [-0.2, -0.15) is 0 Å². The number of nitrogens with zero attached hydrogens (tertiary/aromatic N) is 3. The van der Waals surface area contributed by atoms with E-state index >= 15 is 0 Å². The number of hydrogen-bond acceptors (Lipinski definition) is 6. The second-order valence-electron chi connectivity index (χ2n) is 10.9. The fourth-order valence-electron chi connectivity index (χ4n) is 5.57. The quantitative estimate of drug-likeness (QED) is 0.410. The van der Waals surface area contributed by atoms with Gasteiger partial charge in [-0.3, -0.25) is 19.4 Å². The van der Waals surface area contributed by atoms with Gasteiger partial charge in [0.2, 0.25) is 5.91 Å². The van der Waals surface area contributed by atoms with E-state index in [1.807, 2.05) is 47.4 Å². The smallest absolute Gasteiger partial charge is 0.257 e. The Morgan fingerprint density at radius 2 is 1.66 bits per heavy atom. The standard InChI is InChI=1S/C32H38N6O3/c33-26-10-12-27(13-11-26)35-31(40)24-9-14-29(28(21-24)36-32(41)25-8-4-15-34-22-25)37-16-5-17-38(19-18-37)30(39)20-23-6-2-1-3-7-23/h1-4,6-9,14-15,21-22,26-27H,5,10-13,16-20,33H2,(H,35,40)(H,36,41). The SMILES string of the molecule is NC1CCC(NC(=O)c2ccc(N3CCCN(C(=O)Cc4ccccc4)CC3)c(NC(=O)c3cccnc3)c2)CC1. The molecule has 5 rings (SSSR count). The summed E-state index contributed by atoms with van der Waals surface area (Å²) in [5.41, 5.74) is 9.32. The van der Waals surface area contributed by atoms with Crippen molar-refractivity contribution in [3.05, 3.63) is 89.7 Å². The van der Waals surface area contributed by atoms with Crippen LogP contribution in [0.3, 0.4) is 0 Å². The van der Waals surface area contributed by atoms with Crippen molar-refractivity contribution in [3.8, 4) is 0 Å². The van der Waals surface area contributed by atoms with Gasteiger partial charge in [0.15, 0.2) is 0 Å². The Morgan fingerprint density at radius 1 is 0.854 bits per heavy atom. The Kier molecular flexibility index (Phi) is 9.26. The van der Waals surface area contributed by atoms with Crippen LogP contribution in [0, 0.1) is 0 Å². The van der Waals surface area contributed by atoms with E-state index in [2.05, 4.69) is 20.5 Å². The van der Waals surface area contributed by atoms with E-state index in [4.69, 9.17) is 5.73 Å². The van der Waals surface area contributed by atoms with Crippen LogP contribution >= 0.6 is 0 Å². The fraction of sp³-hybridized carbons (Fsp3) is 0.375. The molecule has 0 unspecified atom stereocenters. The van der Waals surface area contributed by atoms with Crippen LogP contribution in [0.15, 0.2) is 73.1 Å². The minimum atomic E-state index is -0.298. The van der Waals surface area contributed by atoms with Gasteiger partial charge in [-0.1, -0.05) is 30.3 Å². The van der Waals surface area contributed by atoms with Gasteiger partial charge in [0.05, 0.1) is 23.4 Å². The largest absolute Gasteiger partial charge is 0.368 e. The molecule has 9 nitrogen and oxygen atoms in total. The van der Waals surface area contributed by atoms with Gasteiger partial charge >= 0.3 is 0 Å². The lowest BCUT2D eigenvalue weighted by molar-refractivity contribution is -0.130. The Morgan fingerprint density at radius 3 is 2.41 bits per heavy atom. The minimum Gasteiger partial charge on any atom is -0.368 e. The van der Waals surface area contributed by atoms with Crippen LogP contribution in [0.1, 0.15) is 58.4 Å². The van der Waals surface area contributed by atoms with Gasteiger partial charge in [0, 0.05) is 56.2 Å². The zero-order valence-corrected chi connectivity index (χ0v) is 23.3. The number of carbonyl (C=O) groups excluding carboxylic acids is 3. The first-order valence-electron chi connectivity index (χ1n) is 14.4. The zero-order chi connectivity index (χ0) is 28.6. The number of rotatable bonds is 7. The summed E-state index contributed by atoms with van der Waals surface area (Å²) in [4.78, 5) is 47.5. The Hall–Kier alpha value is -4.24. The average Bonchev–Trinajstić information content (AvgIpc) is 3.26. The van der Waals surface area contributed by atoms with Crippen LogP contribution in [-0.4, -0.2) is 65.9 Å². The molecule has 1 saturated carbocycles. The monoisotopic (exact) mass is 554 g/mol. The molecule has 0 bridgehead atoms. The third-order valence-corrected chi connectivity index (χ3v) is 7.93. The molecule has 2 aromatic carbocycles. The maximum Gasteiger partial charge on any atom is 0.257 e. The molecular weight excluding hydrogens is 516 g/mol. The molecule has 3 amide bonds. The predicted molar refractivity (Wildman–Crippen MR) is 160 cm³/mol. The molecule has 0 radical (unpaired) electrons. The summed E-state index contributed by atoms with van der Waals surface area (Å²) in [7, 11) is 0. The lowest BCUT2D eigenvalue weighted by Gasteiger charge is -2.28. The molecule has 1 saturated heterocycles. The number of nitrogens with two attached hydrogens (primary N) is 1. The Labute approximate surface area is 241 Å². The number of amides is 3. The van der Waals surface area contributed by atoms with Gasteiger partial charge in [0.1, 0.15) is 0 Å². The highest BCUT2D eigenvalue weighted by atomic mass is 16.2. The van der Waals surface area contributed by atoms with E-state index in [1.54, 1.807) is 24.4 Å². The first-order valence-corrected chi connectivity index (χ1v) is 14.4. The van der Waals surface area contributed by atoms with E-state index in [9.17, 15) is 14.4 Å². The van der Waals surface area contributed by atoms with E-state index in [1.165, 1.54) is 6.20 Å². The first-order chi connectivity index (χ1) is 20.0. The van der Waals surface area contributed by atoms with Crippen molar-refractivity contribution in [1.29, 1.82) is 0 Å². The van der Waals surface area contributed by atoms with Crippen molar-refractivity contribution in [2.45, 2.75) is 50.6 Å². The molecule has 0 atom stereocenters. The van der Waals surface area contributed by atoms with Gasteiger partial charge in [-0.15, -0.1) is 0 Å². The summed E-state index contributed by atoms with van der Waals surface area (Å²) in [5, 5.41) is 6.16. The first kappa shape index (κ1) is 28.3. The molecule has 41 heavy (non-hydrogen) atoms. The molecular formula is C32H38N6O3. The molecule has 2 aliphatic rings. The van der Waals surface area contributed by atoms with E-state index < -0.39 is 0 Å². The summed E-state index contributed by atoms with van der Waals surface area (Å²) >= 11 is 0. The van der Waals surface area contributed by atoms with Crippen LogP contribution in [0.5, 0.6) is 0 Å². The number of anilines is 2. The molecule has 3 aromatic rings. The summed E-state index contributed by atoms with van der Waals surface area (Å²) < 4.78 is 0. The number of carbonyl (C=O) groups is 3.